The summed E-state index contributed by atoms with van der Waals surface area (Å²) >= 11 is 5.96. The van der Waals surface area contributed by atoms with E-state index < -0.39 is 11.2 Å². The van der Waals surface area contributed by atoms with Crippen LogP contribution in [0.4, 0.5) is 11.4 Å². The number of non-ortho nitro benzene ring substituents is 1. The first kappa shape index (κ1) is 22.0. The first-order chi connectivity index (χ1) is 15.8. The summed E-state index contributed by atoms with van der Waals surface area (Å²) in [6.07, 6.45) is -0.865. The van der Waals surface area contributed by atoms with Crippen molar-refractivity contribution in [3.05, 3.63) is 105 Å². The Labute approximate surface area is 193 Å². The Morgan fingerprint density at radius 3 is 2.48 bits per heavy atom. The lowest BCUT2D eigenvalue weighted by Gasteiger charge is -2.20. The van der Waals surface area contributed by atoms with E-state index in [1.54, 1.807) is 48.5 Å². The predicted octanol–water partition coefficient (Wildman–Crippen LogP) is 4.74. The molecule has 1 atom stereocenters. The van der Waals surface area contributed by atoms with Crippen molar-refractivity contribution in [2.24, 2.45) is 5.10 Å². The summed E-state index contributed by atoms with van der Waals surface area (Å²) in [6.45, 7) is 1.35. The number of hydrazone groups is 1. The minimum atomic E-state index is -0.865. The number of ether oxygens (including phenoxy) is 1. The summed E-state index contributed by atoms with van der Waals surface area (Å²) in [7, 11) is 0. The van der Waals surface area contributed by atoms with Crippen LogP contribution in [0.1, 0.15) is 34.6 Å². The molecular weight excluding hydrogens is 448 g/mol. The number of benzene rings is 3. The predicted molar refractivity (Wildman–Crippen MR) is 122 cm³/mol. The molecule has 0 saturated heterocycles. The summed E-state index contributed by atoms with van der Waals surface area (Å²) in [4.78, 5) is 35.1. The molecule has 33 heavy (non-hydrogen) atoms. The van der Waals surface area contributed by atoms with Crippen molar-refractivity contribution in [2.45, 2.75) is 13.2 Å². The summed E-state index contributed by atoms with van der Waals surface area (Å²) in [5.41, 5.74) is 1.89. The zero-order valence-electron chi connectivity index (χ0n) is 17.3. The van der Waals surface area contributed by atoms with Crippen molar-refractivity contribution in [1.82, 2.24) is 5.01 Å². The Hall–Kier alpha value is -4.24. The van der Waals surface area contributed by atoms with Crippen LogP contribution in [-0.2, 0) is 9.53 Å². The van der Waals surface area contributed by atoms with Crippen molar-refractivity contribution in [3.8, 4) is 0 Å². The lowest BCUT2D eigenvalue weighted by atomic mass is 10.1. The van der Waals surface area contributed by atoms with Crippen LogP contribution >= 0.6 is 11.6 Å². The quantitative estimate of drug-likeness (QED) is 0.432. The van der Waals surface area contributed by atoms with Crippen LogP contribution in [0.5, 0.6) is 0 Å². The number of rotatable bonds is 5. The SMILES string of the molecule is CC(=O)N1N=C(c2ccc([N+](=O)[O-])cc2)OC1c1cccc(NC(=O)c2cccc(Cl)c2)c1. The topological polar surface area (TPSA) is 114 Å². The van der Waals surface area contributed by atoms with E-state index in [1.807, 2.05) is 0 Å². The van der Waals surface area contributed by atoms with Gasteiger partial charge < -0.3 is 10.1 Å². The number of hydrogen-bond donors (Lipinski definition) is 1. The van der Waals surface area contributed by atoms with Crippen molar-refractivity contribution in [1.29, 1.82) is 0 Å². The fourth-order valence-electron chi connectivity index (χ4n) is 3.23. The number of nitrogens with one attached hydrogen (secondary N) is 1. The molecule has 10 heteroatoms. The van der Waals surface area contributed by atoms with Crippen LogP contribution in [0, 0.1) is 10.1 Å². The fourth-order valence-corrected chi connectivity index (χ4v) is 3.42. The Morgan fingerprint density at radius 2 is 1.82 bits per heavy atom. The number of halogens is 1. The number of carbonyl (C=O) groups is 2. The lowest BCUT2D eigenvalue weighted by Crippen LogP contribution is -2.25. The Kier molecular flexibility index (Phi) is 6.05. The average Bonchev–Trinajstić information content (AvgIpc) is 3.25. The number of nitro benzene ring substituents is 1. The molecule has 0 bridgehead atoms. The third-order valence-electron chi connectivity index (χ3n) is 4.81. The maximum absolute atomic E-state index is 12.5. The summed E-state index contributed by atoms with van der Waals surface area (Å²) in [5, 5.41) is 19.5. The molecule has 1 aliphatic heterocycles. The zero-order valence-corrected chi connectivity index (χ0v) is 18.0. The van der Waals surface area contributed by atoms with Gasteiger partial charge in [-0.3, -0.25) is 19.7 Å². The normalized spacial score (nSPS) is 14.9. The van der Waals surface area contributed by atoms with Gasteiger partial charge in [-0.25, -0.2) is 0 Å². The molecule has 3 aromatic rings. The summed E-state index contributed by atoms with van der Waals surface area (Å²) < 4.78 is 5.92. The maximum Gasteiger partial charge on any atom is 0.269 e. The van der Waals surface area contributed by atoms with E-state index in [1.165, 1.54) is 36.2 Å². The van der Waals surface area contributed by atoms with E-state index in [0.29, 0.717) is 27.4 Å². The van der Waals surface area contributed by atoms with Crippen LogP contribution in [0.25, 0.3) is 0 Å². The number of amides is 2. The molecule has 0 spiro atoms. The molecule has 0 saturated carbocycles. The van der Waals surface area contributed by atoms with E-state index in [4.69, 9.17) is 16.3 Å². The molecule has 9 nitrogen and oxygen atoms in total. The van der Waals surface area contributed by atoms with Gasteiger partial charge in [-0.15, -0.1) is 5.10 Å². The van der Waals surface area contributed by atoms with Crippen molar-refractivity contribution in [3.63, 3.8) is 0 Å². The molecule has 0 aromatic heterocycles. The zero-order chi connectivity index (χ0) is 23.5. The minimum absolute atomic E-state index is 0.0690. The van der Waals surface area contributed by atoms with Crippen LogP contribution in [-0.4, -0.2) is 27.6 Å². The van der Waals surface area contributed by atoms with E-state index in [2.05, 4.69) is 10.4 Å². The Morgan fingerprint density at radius 1 is 1.09 bits per heavy atom. The van der Waals surface area contributed by atoms with Gasteiger partial charge in [0.05, 0.1) is 4.92 Å². The van der Waals surface area contributed by atoms with Gasteiger partial charge in [0.2, 0.25) is 18.0 Å². The maximum atomic E-state index is 12.5. The highest BCUT2D eigenvalue weighted by Gasteiger charge is 2.33. The molecule has 2 amide bonds. The molecule has 0 aliphatic carbocycles. The molecule has 1 unspecified atom stereocenters. The van der Waals surface area contributed by atoms with Crippen LogP contribution in [0.15, 0.2) is 77.9 Å². The fraction of sp³-hybridized carbons (Fsp3) is 0.0870. The largest absolute Gasteiger partial charge is 0.446 e. The van der Waals surface area contributed by atoms with E-state index >= 15 is 0 Å². The van der Waals surface area contributed by atoms with Crippen molar-refractivity contribution < 1.29 is 19.2 Å². The highest BCUT2D eigenvalue weighted by molar-refractivity contribution is 6.31. The first-order valence-corrected chi connectivity index (χ1v) is 10.2. The second kappa shape index (κ2) is 9.09. The Balaban J connectivity index is 1.56. The number of hydrogen-bond acceptors (Lipinski definition) is 6. The van der Waals surface area contributed by atoms with Crippen LogP contribution in [0.2, 0.25) is 5.02 Å². The molecule has 0 radical (unpaired) electrons. The third-order valence-corrected chi connectivity index (χ3v) is 5.04. The molecular formula is C23H17ClN4O5. The molecule has 166 valence electrons. The third kappa shape index (κ3) is 4.83. The van der Waals surface area contributed by atoms with Gasteiger partial charge in [-0.1, -0.05) is 29.8 Å². The lowest BCUT2D eigenvalue weighted by molar-refractivity contribution is -0.384. The number of anilines is 1. The molecule has 1 N–H and O–H groups in total. The second-order valence-corrected chi connectivity index (χ2v) is 7.57. The van der Waals surface area contributed by atoms with Gasteiger partial charge in [0.15, 0.2) is 0 Å². The van der Waals surface area contributed by atoms with Gasteiger partial charge in [-0.2, -0.15) is 5.01 Å². The molecule has 1 aliphatic rings. The average molecular weight is 465 g/mol. The minimum Gasteiger partial charge on any atom is -0.446 e. The van der Waals surface area contributed by atoms with Crippen LogP contribution in [0.3, 0.4) is 0 Å². The smallest absolute Gasteiger partial charge is 0.269 e. The molecule has 1 heterocycles. The van der Waals surface area contributed by atoms with Crippen molar-refractivity contribution in [2.75, 3.05) is 5.32 Å². The summed E-state index contributed by atoms with van der Waals surface area (Å²) in [6, 6.07) is 19.1. The molecule has 4 rings (SSSR count). The van der Waals surface area contributed by atoms with Gasteiger partial charge in [0.25, 0.3) is 11.6 Å². The van der Waals surface area contributed by atoms with Gasteiger partial charge >= 0.3 is 0 Å². The van der Waals surface area contributed by atoms with Crippen LogP contribution < -0.4 is 5.32 Å². The van der Waals surface area contributed by atoms with E-state index in [9.17, 15) is 19.7 Å². The van der Waals surface area contributed by atoms with E-state index in [0.717, 1.165) is 0 Å². The molecule has 3 aromatic carbocycles. The Bertz CT molecular complexity index is 1280. The second-order valence-electron chi connectivity index (χ2n) is 7.13. The highest BCUT2D eigenvalue weighted by atomic mass is 35.5. The monoisotopic (exact) mass is 464 g/mol. The van der Waals surface area contributed by atoms with Gasteiger partial charge in [0, 0.05) is 46.5 Å². The number of nitro groups is 1. The highest BCUT2D eigenvalue weighted by Crippen LogP contribution is 2.32. The number of carbonyl (C=O) groups excluding carboxylic acids is 2. The first-order valence-electron chi connectivity index (χ1n) is 9.78. The van der Waals surface area contributed by atoms with Gasteiger partial charge in [0.1, 0.15) is 0 Å². The standard InChI is InChI=1S/C23H17ClN4O5/c1-14(29)27-23(33-22(26-27)15-8-10-20(11-9-15)28(31)32)17-5-3-7-19(13-17)25-21(30)16-4-2-6-18(24)12-16/h2-13,23H,1H3,(H,25,30). The molecule has 0 fully saturated rings. The summed E-state index contributed by atoms with van der Waals surface area (Å²) in [5.74, 6) is -0.544. The van der Waals surface area contributed by atoms with Crippen molar-refractivity contribution >= 4 is 40.7 Å². The number of nitrogens with zero attached hydrogens (tertiary/aromatic N) is 3. The van der Waals surface area contributed by atoms with E-state index in [-0.39, 0.29) is 23.4 Å². The van der Waals surface area contributed by atoms with Gasteiger partial charge in [-0.05, 0) is 42.5 Å².